The molecular formula is C27H26FN3O3. The summed E-state index contributed by atoms with van der Waals surface area (Å²) in [5.41, 5.74) is 4.78. The van der Waals surface area contributed by atoms with Gasteiger partial charge in [0.25, 0.3) is 0 Å². The molecule has 2 saturated heterocycles. The van der Waals surface area contributed by atoms with Gasteiger partial charge in [-0.05, 0) is 41.8 Å². The first-order valence-electron chi connectivity index (χ1n) is 11.3. The van der Waals surface area contributed by atoms with Crippen molar-refractivity contribution in [2.24, 2.45) is 0 Å². The molecule has 174 valence electrons. The molecule has 7 heteroatoms. The van der Waals surface area contributed by atoms with Crippen LogP contribution in [0.3, 0.4) is 0 Å². The number of urea groups is 1. The highest BCUT2D eigenvalue weighted by molar-refractivity contribution is 5.93. The zero-order chi connectivity index (χ0) is 23.8. The lowest BCUT2D eigenvalue weighted by Crippen LogP contribution is -2.73. The summed E-state index contributed by atoms with van der Waals surface area (Å²) in [6, 6.07) is 21.2. The number of carbonyl (C=O) groups excluding carboxylic acids is 2. The molecule has 3 aromatic rings. The lowest BCUT2D eigenvalue weighted by molar-refractivity contribution is -0.159. The molecule has 3 amide bonds. The Morgan fingerprint density at radius 1 is 1.06 bits per heavy atom. The second kappa shape index (κ2) is 8.91. The van der Waals surface area contributed by atoms with E-state index in [2.05, 4.69) is 48.6 Å². The van der Waals surface area contributed by atoms with E-state index in [1.165, 1.54) is 28.7 Å². The molecule has 34 heavy (non-hydrogen) atoms. The smallest absolute Gasteiger partial charge is 0.322 e. The van der Waals surface area contributed by atoms with Crippen molar-refractivity contribution >= 4 is 17.6 Å². The minimum Gasteiger partial charge on any atom is -0.394 e. The zero-order valence-corrected chi connectivity index (χ0v) is 18.8. The molecule has 0 bridgehead atoms. The summed E-state index contributed by atoms with van der Waals surface area (Å²) in [7, 11) is 0. The molecule has 0 aromatic heterocycles. The largest absolute Gasteiger partial charge is 0.394 e. The van der Waals surface area contributed by atoms with Crippen molar-refractivity contribution in [3.63, 3.8) is 0 Å². The number of aryl methyl sites for hydroxylation is 1. The average molecular weight is 460 g/mol. The van der Waals surface area contributed by atoms with Gasteiger partial charge < -0.3 is 20.2 Å². The van der Waals surface area contributed by atoms with Gasteiger partial charge in [0.15, 0.2) is 0 Å². The van der Waals surface area contributed by atoms with Crippen LogP contribution in [0.5, 0.6) is 0 Å². The van der Waals surface area contributed by atoms with E-state index in [1.807, 2.05) is 12.1 Å². The number of piperazine rings is 1. The van der Waals surface area contributed by atoms with Crippen LogP contribution >= 0.6 is 0 Å². The van der Waals surface area contributed by atoms with Gasteiger partial charge in [0, 0.05) is 18.2 Å². The Balaban J connectivity index is 1.34. The molecule has 2 fully saturated rings. The van der Waals surface area contributed by atoms with Crippen LogP contribution in [0.4, 0.5) is 14.9 Å². The van der Waals surface area contributed by atoms with E-state index in [9.17, 15) is 19.1 Å². The molecule has 5 rings (SSSR count). The number of amides is 3. The Kier molecular flexibility index (Phi) is 5.79. The molecule has 0 radical (unpaired) electrons. The fourth-order valence-corrected chi connectivity index (χ4v) is 5.07. The molecule has 0 aliphatic carbocycles. The third kappa shape index (κ3) is 4.03. The van der Waals surface area contributed by atoms with Gasteiger partial charge >= 0.3 is 6.03 Å². The number of aliphatic hydroxyl groups is 1. The molecule has 2 N–H and O–H groups in total. The third-order valence-electron chi connectivity index (χ3n) is 6.80. The van der Waals surface area contributed by atoms with Crippen LogP contribution in [0.15, 0.2) is 72.8 Å². The first kappa shape index (κ1) is 22.1. The van der Waals surface area contributed by atoms with Crippen LogP contribution in [-0.2, 0) is 4.79 Å². The summed E-state index contributed by atoms with van der Waals surface area (Å²) >= 11 is 0. The van der Waals surface area contributed by atoms with Crippen molar-refractivity contribution in [1.29, 1.82) is 0 Å². The van der Waals surface area contributed by atoms with Crippen LogP contribution in [-0.4, -0.2) is 58.6 Å². The van der Waals surface area contributed by atoms with Crippen LogP contribution in [0.1, 0.15) is 17.0 Å². The topological polar surface area (TPSA) is 72.9 Å². The van der Waals surface area contributed by atoms with Gasteiger partial charge in [-0.25, -0.2) is 9.18 Å². The van der Waals surface area contributed by atoms with E-state index in [-0.39, 0.29) is 37.1 Å². The molecule has 3 aromatic carbocycles. The Labute approximate surface area is 197 Å². The highest BCUT2D eigenvalue weighted by Crippen LogP contribution is 2.43. The number of anilines is 1. The Morgan fingerprint density at radius 2 is 1.74 bits per heavy atom. The second-order valence-corrected chi connectivity index (χ2v) is 8.95. The Hall–Kier alpha value is -3.71. The summed E-state index contributed by atoms with van der Waals surface area (Å²) in [6.45, 7) is 2.18. The maximum atomic E-state index is 13.5. The van der Waals surface area contributed by atoms with Crippen molar-refractivity contribution in [1.82, 2.24) is 9.80 Å². The average Bonchev–Trinajstić information content (AvgIpc) is 2.81. The van der Waals surface area contributed by atoms with E-state index in [0.717, 1.165) is 16.7 Å². The quantitative estimate of drug-likeness (QED) is 0.619. The Bertz CT molecular complexity index is 1210. The van der Waals surface area contributed by atoms with Crippen molar-refractivity contribution in [3.8, 4) is 11.1 Å². The number of aliphatic hydroxyl groups excluding tert-OH is 1. The maximum Gasteiger partial charge on any atom is 0.322 e. The number of rotatable bonds is 4. The number of halogens is 1. The van der Waals surface area contributed by atoms with Gasteiger partial charge in [0.2, 0.25) is 5.91 Å². The van der Waals surface area contributed by atoms with Gasteiger partial charge in [-0.15, -0.1) is 0 Å². The SMILES string of the molecule is Cc1ccc(-c2ccc([C@H]3[C@H]4CN(C(=O)Nc5cccc(F)c5)CC(=O)N4[C@H]3CO)cc2)cc1. The summed E-state index contributed by atoms with van der Waals surface area (Å²) in [5.74, 6) is -0.722. The summed E-state index contributed by atoms with van der Waals surface area (Å²) < 4.78 is 13.5. The maximum absolute atomic E-state index is 13.5. The predicted molar refractivity (Wildman–Crippen MR) is 128 cm³/mol. The number of carbonyl (C=O) groups is 2. The molecular weight excluding hydrogens is 433 g/mol. The summed E-state index contributed by atoms with van der Waals surface area (Å²) in [4.78, 5) is 28.8. The first-order chi connectivity index (χ1) is 16.4. The highest BCUT2D eigenvalue weighted by Gasteiger charge is 2.54. The van der Waals surface area contributed by atoms with Crippen molar-refractivity contribution < 1.29 is 19.1 Å². The fraction of sp³-hybridized carbons (Fsp3) is 0.259. The minimum absolute atomic E-state index is 0.0762. The van der Waals surface area contributed by atoms with Crippen LogP contribution < -0.4 is 5.32 Å². The molecule has 0 saturated carbocycles. The lowest BCUT2D eigenvalue weighted by atomic mass is 9.73. The van der Waals surface area contributed by atoms with E-state index in [4.69, 9.17) is 0 Å². The van der Waals surface area contributed by atoms with Crippen LogP contribution in [0.25, 0.3) is 11.1 Å². The standard InChI is InChI=1S/C27H26FN3O3/c1-17-5-7-18(8-6-17)19-9-11-20(12-10-19)26-23-14-30(15-25(33)31(23)24(26)16-32)27(34)29-22-4-2-3-21(28)13-22/h2-13,23-24,26,32H,14-16H2,1H3,(H,29,34)/t23-,24+,26+/m1/s1. The number of fused-ring (bicyclic) bond motifs is 1. The van der Waals surface area contributed by atoms with E-state index >= 15 is 0 Å². The number of nitrogens with zero attached hydrogens (tertiary/aromatic N) is 2. The predicted octanol–water partition coefficient (Wildman–Crippen LogP) is 4.00. The molecule has 6 nitrogen and oxygen atoms in total. The number of hydrogen-bond acceptors (Lipinski definition) is 3. The van der Waals surface area contributed by atoms with Gasteiger partial charge in [0.05, 0.1) is 18.7 Å². The third-order valence-corrected chi connectivity index (χ3v) is 6.80. The number of benzene rings is 3. The van der Waals surface area contributed by atoms with Gasteiger partial charge in [-0.2, -0.15) is 0 Å². The first-order valence-corrected chi connectivity index (χ1v) is 11.3. The highest BCUT2D eigenvalue weighted by atomic mass is 19.1. The fourth-order valence-electron chi connectivity index (χ4n) is 5.07. The lowest BCUT2D eigenvalue weighted by Gasteiger charge is -2.58. The van der Waals surface area contributed by atoms with E-state index < -0.39 is 11.8 Å². The van der Waals surface area contributed by atoms with Crippen molar-refractivity contribution in [2.75, 3.05) is 25.0 Å². The Morgan fingerprint density at radius 3 is 2.38 bits per heavy atom. The number of hydrogen-bond donors (Lipinski definition) is 2. The van der Waals surface area contributed by atoms with E-state index in [1.54, 1.807) is 11.0 Å². The normalized spacial score (nSPS) is 21.6. The van der Waals surface area contributed by atoms with Gasteiger partial charge in [0.1, 0.15) is 12.4 Å². The van der Waals surface area contributed by atoms with E-state index in [0.29, 0.717) is 12.2 Å². The molecule has 2 aliphatic rings. The molecule has 0 spiro atoms. The minimum atomic E-state index is -0.447. The van der Waals surface area contributed by atoms with Crippen molar-refractivity contribution in [3.05, 3.63) is 89.7 Å². The molecule has 0 unspecified atom stereocenters. The van der Waals surface area contributed by atoms with Crippen molar-refractivity contribution in [2.45, 2.75) is 24.9 Å². The van der Waals surface area contributed by atoms with Crippen LogP contribution in [0, 0.1) is 12.7 Å². The summed E-state index contributed by atoms with van der Waals surface area (Å²) in [6.07, 6.45) is 0. The molecule has 2 heterocycles. The van der Waals surface area contributed by atoms with Gasteiger partial charge in [-0.1, -0.05) is 60.2 Å². The zero-order valence-electron chi connectivity index (χ0n) is 18.8. The molecule has 2 aliphatic heterocycles. The summed E-state index contributed by atoms with van der Waals surface area (Å²) in [5, 5.41) is 12.7. The molecule has 3 atom stereocenters. The second-order valence-electron chi connectivity index (χ2n) is 8.95. The van der Waals surface area contributed by atoms with Crippen LogP contribution in [0.2, 0.25) is 0 Å². The number of nitrogens with one attached hydrogen (secondary N) is 1. The van der Waals surface area contributed by atoms with Gasteiger partial charge in [-0.3, -0.25) is 4.79 Å². The monoisotopic (exact) mass is 459 g/mol.